The van der Waals surface area contributed by atoms with Gasteiger partial charge in [0.05, 0.1) is 0 Å². The van der Waals surface area contributed by atoms with E-state index in [1.54, 1.807) is 0 Å². The van der Waals surface area contributed by atoms with Crippen LogP contribution in [0.15, 0.2) is 24.3 Å². The van der Waals surface area contributed by atoms with E-state index >= 15 is 0 Å². The molecule has 1 saturated carbocycles. The molecule has 2 heteroatoms. The van der Waals surface area contributed by atoms with E-state index in [4.69, 9.17) is 0 Å². The van der Waals surface area contributed by atoms with E-state index in [0.29, 0.717) is 5.41 Å². The predicted octanol–water partition coefficient (Wildman–Crippen LogP) is 4.31. The molecule has 0 heterocycles. The normalized spacial score (nSPS) is 18.6. The maximum absolute atomic E-state index is 4.63. The van der Waals surface area contributed by atoms with Crippen LogP contribution in [0.4, 0.5) is 5.69 Å². The average molecular weight is 263 g/mol. The Balaban J connectivity index is 2.07. The quantitative estimate of drug-likeness (QED) is 0.792. The largest absolute Gasteiger partial charge is 0.374 e. The first-order chi connectivity index (χ1) is 8.65. The number of hydrogen-bond donors (Lipinski definition) is 1. The lowest BCUT2D eigenvalue weighted by atomic mass is 9.75. The summed E-state index contributed by atoms with van der Waals surface area (Å²) in [6.07, 6.45) is 6.84. The summed E-state index contributed by atoms with van der Waals surface area (Å²) in [6.45, 7) is 3.30. The van der Waals surface area contributed by atoms with Gasteiger partial charge in [0.1, 0.15) is 0 Å². The van der Waals surface area contributed by atoms with Crippen LogP contribution in [-0.2, 0) is 0 Å². The van der Waals surface area contributed by atoms with Gasteiger partial charge in [0.15, 0.2) is 0 Å². The molecular weight excluding hydrogens is 238 g/mol. The molecule has 0 spiro atoms. The average Bonchev–Trinajstić information content (AvgIpc) is 2.40. The van der Waals surface area contributed by atoms with Crippen LogP contribution in [0, 0.1) is 12.3 Å². The van der Waals surface area contributed by atoms with Crippen molar-refractivity contribution < 1.29 is 0 Å². The third kappa shape index (κ3) is 3.23. The third-order valence-electron chi connectivity index (χ3n) is 4.26. The molecule has 0 aliphatic heterocycles. The number of rotatable bonds is 4. The van der Waals surface area contributed by atoms with Crippen LogP contribution in [0.2, 0.25) is 0 Å². The molecule has 0 atom stereocenters. The van der Waals surface area contributed by atoms with Crippen LogP contribution in [0.5, 0.6) is 0 Å². The van der Waals surface area contributed by atoms with Crippen molar-refractivity contribution in [3.63, 3.8) is 0 Å². The van der Waals surface area contributed by atoms with Gasteiger partial charge in [0.2, 0.25) is 0 Å². The summed E-state index contributed by atoms with van der Waals surface area (Å²) in [4.78, 5) is 2.41. The monoisotopic (exact) mass is 263 g/mol. The molecule has 1 fully saturated rings. The molecule has 18 heavy (non-hydrogen) atoms. The Morgan fingerprint density at radius 1 is 1.22 bits per heavy atom. The van der Waals surface area contributed by atoms with E-state index in [1.165, 1.54) is 43.4 Å². The number of thiol groups is 1. The molecule has 1 aliphatic carbocycles. The van der Waals surface area contributed by atoms with Crippen LogP contribution in [0.25, 0.3) is 0 Å². The Bertz CT molecular complexity index is 382. The lowest BCUT2D eigenvalue weighted by Crippen LogP contribution is -2.38. The molecule has 0 N–H and O–H groups in total. The molecule has 1 nitrogen and oxygen atoms in total. The van der Waals surface area contributed by atoms with Gasteiger partial charge in [-0.15, -0.1) is 0 Å². The number of nitrogens with zero attached hydrogens (tertiary/aromatic N) is 1. The van der Waals surface area contributed by atoms with Crippen molar-refractivity contribution in [3.8, 4) is 0 Å². The Morgan fingerprint density at radius 2 is 1.94 bits per heavy atom. The molecule has 0 amide bonds. The second kappa shape index (κ2) is 6.01. The van der Waals surface area contributed by atoms with Gasteiger partial charge in [-0.3, -0.25) is 0 Å². The molecule has 2 rings (SSSR count). The van der Waals surface area contributed by atoms with Crippen LogP contribution in [0.1, 0.15) is 37.7 Å². The van der Waals surface area contributed by atoms with Gasteiger partial charge >= 0.3 is 0 Å². The minimum Gasteiger partial charge on any atom is -0.374 e. The smallest absolute Gasteiger partial charge is 0.0366 e. The number of anilines is 1. The molecule has 0 bridgehead atoms. The summed E-state index contributed by atoms with van der Waals surface area (Å²) in [5.41, 5.74) is 3.10. The van der Waals surface area contributed by atoms with Crippen molar-refractivity contribution in [2.75, 3.05) is 24.2 Å². The zero-order valence-electron chi connectivity index (χ0n) is 11.7. The summed E-state index contributed by atoms with van der Waals surface area (Å²) < 4.78 is 0. The maximum atomic E-state index is 4.63. The first-order valence-corrected chi connectivity index (χ1v) is 7.67. The van der Waals surface area contributed by atoms with Crippen LogP contribution >= 0.6 is 12.6 Å². The van der Waals surface area contributed by atoms with E-state index in [9.17, 15) is 0 Å². The predicted molar refractivity (Wildman–Crippen MR) is 83.8 cm³/mol. The topological polar surface area (TPSA) is 3.24 Å². The molecule has 100 valence electrons. The molecule has 1 aromatic rings. The van der Waals surface area contributed by atoms with Crippen molar-refractivity contribution in [1.82, 2.24) is 0 Å². The van der Waals surface area contributed by atoms with E-state index < -0.39 is 0 Å². The SMILES string of the molecule is Cc1cccc(N(C)CC2(CS)CCCCC2)c1. The Hall–Kier alpha value is -0.630. The van der Waals surface area contributed by atoms with Crippen molar-refractivity contribution >= 4 is 18.3 Å². The third-order valence-corrected chi connectivity index (χ3v) is 4.94. The van der Waals surface area contributed by atoms with Crippen molar-refractivity contribution in [1.29, 1.82) is 0 Å². The van der Waals surface area contributed by atoms with Gasteiger partial charge in [-0.1, -0.05) is 31.4 Å². The zero-order chi connectivity index (χ0) is 13.0. The molecule has 1 aromatic carbocycles. The maximum Gasteiger partial charge on any atom is 0.0366 e. The Morgan fingerprint density at radius 3 is 2.56 bits per heavy atom. The highest BCUT2D eigenvalue weighted by Gasteiger charge is 2.31. The summed E-state index contributed by atoms with van der Waals surface area (Å²) in [7, 11) is 2.22. The highest BCUT2D eigenvalue weighted by Crippen LogP contribution is 2.38. The standard InChI is InChI=1S/C16H25NS/c1-14-7-6-8-15(11-14)17(2)12-16(13-18)9-4-3-5-10-16/h6-8,11,18H,3-5,9-10,12-13H2,1-2H3. The molecule has 0 saturated heterocycles. The summed E-state index contributed by atoms with van der Waals surface area (Å²) >= 11 is 4.63. The fourth-order valence-corrected chi connectivity index (χ4v) is 3.54. The van der Waals surface area contributed by atoms with Crippen molar-refractivity contribution in [3.05, 3.63) is 29.8 Å². The summed E-state index contributed by atoms with van der Waals surface area (Å²) in [6, 6.07) is 8.79. The van der Waals surface area contributed by atoms with Gasteiger partial charge in [-0.05, 0) is 48.6 Å². The fraction of sp³-hybridized carbons (Fsp3) is 0.625. The number of hydrogen-bond acceptors (Lipinski definition) is 2. The van der Waals surface area contributed by atoms with Gasteiger partial charge in [0, 0.05) is 19.3 Å². The van der Waals surface area contributed by atoms with E-state index in [1.807, 2.05) is 0 Å². The summed E-state index contributed by atoms with van der Waals surface area (Å²) in [5.74, 6) is 1.02. The van der Waals surface area contributed by atoms with E-state index in [2.05, 4.69) is 55.8 Å². The molecule has 1 aliphatic rings. The van der Waals surface area contributed by atoms with Gasteiger partial charge in [-0.2, -0.15) is 12.6 Å². The second-order valence-corrected chi connectivity index (χ2v) is 6.23. The fourth-order valence-electron chi connectivity index (χ4n) is 3.13. The molecule has 0 unspecified atom stereocenters. The van der Waals surface area contributed by atoms with Gasteiger partial charge in [0.25, 0.3) is 0 Å². The number of aryl methyl sites for hydroxylation is 1. The van der Waals surface area contributed by atoms with E-state index in [-0.39, 0.29) is 0 Å². The Labute approximate surface area is 117 Å². The van der Waals surface area contributed by atoms with Gasteiger partial charge in [-0.25, -0.2) is 0 Å². The second-order valence-electron chi connectivity index (χ2n) is 5.91. The zero-order valence-corrected chi connectivity index (χ0v) is 12.5. The highest BCUT2D eigenvalue weighted by atomic mass is 32.1. The van der Waals surface area contributed by atoms with Crippen LogP contribution in [0.3, 0.4) is 0 Å². The van der Waals surface area contributed by atoms with Crippen molar-refractivity contribution in [2.45, 2.75) is 39.0 Å². The first kappa shape index (κ1) is 13.8. The highest BCUT2D eigenvalue weighted by molar-refractivity contribution is 7.80. The van der Waals surface area contributed by atoms with Gasteiger partial charge < -0.3 is 4.90 Å². The first-order valence-electron chi connectivity index (χ1n) is 7.04. The molecule has 0 aromatic heterocycles. The Kier molecular flexibility index (Phi) is 4.60. The van der Waals surface area contributed by atoms with Crippen molar-refractivity contribution in [2.24, 2.45) is 5.41 Å². The number of benzene rings is 1. The van der Waals surface area contributed by atoms with E-state index in [0.717, 1.165) is 12.3 Å². The molecule has 0 radical (unpaired) electrons. The molecular formula is C16H25NS. The minimum absolute atomic E-state index is 0.430. The van der Waals surface area contributed by atoms with Crippen LogP contribution in [-0.4, -0.2) is 19.3 Å². The minimum atomic E-state index is 0.430. The lowest BCUT2D eigenvalue weighted by Gasteiger charge is -2.40. The van der Waals surface area contributed by atoms with Crippen LogP contribution < -0.4 is 4.90 Å². The summed E-state index contributed by atoms with van der Waals surface area (Å²) in [5, 5.41) is 0. The lowest BCUT2D eigenvalue weighted by molar-refractivity contribution is 0.230.